The van der Waals surface area contributed by atoms with E-state index < -0.39 is 0 Å². The van der Waals surface area contributed by atoms with Crippen LogP contribution in [0.2, 0.25) is 0 Å². The molecule has 5 heteroatoms. The van der Waals surface area contributed by atoms with E-state index in [0.717, 1.165) is 5.69 Å². The second-order valence-electron chi connectivity index (χ2n) is 4.08. The number of hydrogen-bond donors (Lipinski definition) is 1. The van der Waals surface area contributed by atoms with Gasteiger partial charge in [-0.05, 0) is 20.8 Å². The number of aliphatic hydroxyl groups excluding tert-OH is 1. The van der Waals surface area contributed by atoms with Gasteiger partial charge in [0, 0.05) is 25.3 Å². The molecule has 1 aromatic rings. The molecule has 5 nitrogen and oxygen atoms in total. The lowest BCUT2D eigenvalue weighted by atomic mass is 10.2. The van der Waals surface area contributed by atoms with Gasteiger partial charge in [0.15, 0.2) is 0 Å². The van der Waals surface area contributed by atoms with Crippen molar-refractivity contribution in [3.05, 3.63) is 17.5 Å². The third kappa shape index (κ3) is 2.41. The molecule has 0 radical (unpaired) electrons. The molecular weight excluding hydrogens is 206 g/mol. The Morgan fingerprint density at radius 2 is 2.25 bits per heavy atom. The smallest absolute Gasteiger partial charge is 0.257 e. The Bertz CT molecular complexity index is 371. The van der Waals surface area contributed by atoms with Crippen LogP contribution in [0.3, 0.4) is 0 Å². The molecule has 1 N–H and O–H groups in total. The van der Waals surface area contributed by atoms with Crippen LogP contribution in [0, 0.1) is 6.92 Å². The largest absolute Gasteiger partial charge is 0.395 e. The number of carbonyl (C=O) groups excluding carboxylic acids is 1. The molecule has 0 aliphatic carbocycles. The summed E-state index contributed by atoms with van der Waals surface area (Å²) in [6.07, 6.45) is 1.57. The topological polar surface area (TPSA) is 58.4 Å². The number of rotatable bonds is 4. The molecule has 0 aromatic carbocycles. The normalized spacial score (nSPS) is 10.9. The van der Waals surface area contributed by atoms with E-state index in [1.807, 2.05) is 20.8 Å². The highest BCUT2D eigenvalue weighted by Crippen LogP contribution is 2.11. The summed E-state index contributed by atoms with van der Waals surface area (Å²) < 4.78 is 1.67. The van der Waals surface area contributed by atoms with Crippen LogP contribution in [0.4, 0.5) is 0 Å². The van der Waals surface area contributed by atoms with Gasteiger partial charge in [-0.3, -0.25) is 9.48 Å². The van der Waals surface area contributed by atoms with Crippen LogP contribution in [-0.2, 0) is 7.05 Å². The molecule has 16 heavy (non-hydrogen) atoms. The molecule has 0 atom stereocenters. The highest BCUT2D eigenvalue weighted by atomic mass is 16.3. The Kier molecular flexibility index (Phi) is 4.06. The van der Waals surface area contributed by atoms with E-state index in [9.17, 15) is 4.79 Å². The monoisotopic (exact) mass is 225 g/mol. The van der Waals surface area contributed by atoms with Gasteiger partial charge in [0.2, 0.25) is 0 Å². The van der Waals surface area contributed by atoms with Gasteiger partial charge in [0.05, 0.1) is 18.4 Å². The van der Waals surface area contributed by atoms with Crippen molar-refractivity contribution in [3.8, 4) is 0 Å². The lowest BCUT2D eigenvalue weighted by molar-refractivity contribution is 0.0664. The van der Waals surface area contributed by atoms with E-state index in [1.54, 1.807) is 22.8 Å². The molecule has 0 saturated heterocycles. The summed E-state index contributed by atoms with van der Waals surface area (Å²) >= 11 is 0. The number of carbonyl (C=O) groups is 1. The van der Waals surface area contributed by atoms with E-state index in [1.165, 1.54) is 0 Å². The first-order chi connectivity index (χ1) is 7.49. The fourth-order valence-electron chi connectivity index (χ4n) is 1.57. The number of aryl methyl sites for hydroxylation is 1. The molecule has 0 spiro atoms. The first-order valence-corrected chi connectivity index (χ1v) is 5.39. The average Bonchev–Trinajstić information content (AvgIpc) is 2.55. The van der Waals surface area contributed by atoms with Crippen LogP contribution in [0.5, 0.6) is 0 Å². The predicted octanol–water partition coefficient (Wildman–Crippen LogP) is 0.571. The lowest BCUT2D eigenvalue weighted by Crippen LogP contribution is -2.39. The van der Waals surface area contributed by atoms with E-state index in [4.69, 9.17) is 5.11 Å². The van der Waals surface area contributed by atoms with Gasteiger partial charge in [-0.2, -0.15) is 5.10 Å². The number of aliphatic hydroxyl groups is 1. The zero-order valence-corrected chi connectivity index (χ0v) is 10.3. The van der Waals surface area contributed by atoms with Gasteiger partial charge >= 0.3 is 0 Å². The van der Waals surface area contributed by atoms with Gasteiger partial charge in [-0.1, -0.05) is 0 Å². The summed E-state index contributed by atoms with van der Waals surface area (Å²) in [5.74, 6) is -0.0744. The Balaban J connectivity index is 2.95. The van der Waals surface area contributed by atoms with Crippen LogP contribution in [0.25, 0.3) is 0 Å². The van der Waals surface area contributed by atoms with Crippen molar-refractivity contribution < 1.29 is 9.90 Å². The molecule has 0 aliphatic rings. The number of amides is 1. The van der Waals surface area contributed by atoms with Crippen molar-refractivity contribution in [2.75, 3.05) is 13.2 Å². The summed E-state index contributed by atoms with van der Waals surface area (Å²) in [4.78, 5) is 13.8. The van der Waals surface area contributed by atoms with E-state index in [0.29, 0.717) is 12.1 Å². The van der Waals surface area contributed by atoms with Gasteiger partial charge in [0.25, 0.3) is 5.91 Å². The third-order valence-electron chi connectivity index (χ3n) is 2.69. The lowest BCUT2D eigenvalue weighted by Gasteiger charge is -2.25. The van der Waals surface area contributed by atoms with Crippen LogP contribution in [0.15, 0.2) is 6.20 Å². The molecule has 0 bridgehead atoms. The molecule has 1 aromatic heterocycles. The minimum atomic E-state index is -0.0744. The maximum absolute atomic E-state index is 12.2. The molecule has 1 rings (SSSR count). The highest BCUT2D eigenvalue weighted by molar-refractivity contribution is 5.95. The van der Waals surface area contributed by atoms with Crippen molar-refractivity contribution in [1.29, 1.82) is 0 Å². The third-order valence-corrected chi connectivity index (χ3v) is 2.69. The molecule has 0 saturated carbocycles. The fraction of sp³-hybridized carbons (Fsp3) is 0.636. The SMILES string of the molecule is Cc1c(C(=O)N(CCO)C(C)C)cnn1C. The standard InChI is InChI=1S/C11H19N3O2/c1-8(2)14(5-6-15)11(16)10-7-12-13(4)9(10)3/h7-8,15H,5-6H2,1-4H3. The van der Waals surface area contributed by atoms with Crippen molar-refractivity contribution in [1.82, 2.24) is 14.7 Å². The molecule has 0 fully saturated rings. The molecule has 90 valence electrons. The van der Waals surface area contributed by atoms with Crippen molar-refractivity contribution in [3.63, 3.8) is 0 Å². The number of nitrogens with zero attached hydrogens (tertiary/aromatic N) is 3. The van der Waals surface area contributed by atoms with E-state index >= 15 is 0 Å². The van der Waals surface area contributed by atoms with Crippen molar-refractivity contribution in [2.24, 2.45) is 7.05 Å². The van der Waals surface area contributed by atoms with Gasteiger partial charge in [-0.25, -0.2) is 0 Å². The Labute approximate surface area is 95.7 Å². The first kappa shape index (κ1) is 12.7. The maximum Gasteiger partial charge on any atom is 0.257 e. The Morgan fingerprint density at radius 3 is 2.62 bits per heavy atom. The molecule has 1 amide bonds. The minimum absolute atomic E-state index is 0.0246. The van der Waals surface area contributed by atoms with Crippen molar-refractivity contribution in [2.45, 2.75) is 26.8 Å². The quantitative estimate of drug-likeness (QED) is 0.815. The van der Waals surface area contributed by atoms with E-state index in [-0.39, 0.29) is 18.6 Å². The summed E-state index contributed by atoms with van der Waals surface area (Å²) in [6, 6.07) is 0.0688. The van der Waals surface area contributed by atoms with Crippen LogP contribution >= 0.6 is 0 Å². The Morgan fingerprint density at radius 1 is 1.62 bits per heavy atom. The van der Waals surface area contributed by atoms with Gasteiger partial charge in [0.1, 0.15) is 0 Å². The van der Waals surface area contributed by atoms with Crippen LogP contribution in [-0.4, -0.2) is 44.9 Å². The van der Waals surface area contributed by atoms with E-state index in [2.05, 4.69) is 5.10 Å². The number of aromatic nitrogens is 2. The van der Waals surface area contributed by atoms with Crippen LogP contribution in [0.1, 0.15) is 29.9 Å². The minimum Gasteiger partial charge on any atom is -0.395 e. The molecule has 1 heterocycles. The first-order valence-electron chi connectivity index (χ1n) is 5.39. The predicted molar refractivity (Wildman–Crippen MR) is 61.2 cm³/mol. The Hall–Kier alpha value is -1.36. The second kappa shape index (κ2) is 5.12. The highest BCUT2D eigenvalue weighted by Gasteiger charge is 2.21. The summed E-state index contributed by atoms with van der Waals surface area (Å²) in [6.45, 7) is 6.05. The maximum atomic E-state index is 12.2. The summed E-state index contributed by atoms with van der Waals surface area (Å²) in [5.41, 5.74) is 1.44. The second-order valence-corrected chi connectivity index (χ2v) is 4.08. The van der Waals surface area contributed by atoms with Gasteiger partial charge in [-0.15, -0.1) is 0 Å². The fourth-order valence-corrected chi connectivity index (χ4v) is 1.57. The molecular formula is C11H19N3O2. The molecule has 0 aliphatic heterocycles. The summed E-state index contributed by atoms with van der Waals surface area (Å²) in [5, 5.41) is 13.0. The molecule has 0 unspecified atom stereocenters. The zero-order valence-electron chi connectivity index (χ0n) is 10.3. The zero-order chi connectivity index (χ0) is 12.3. The van der Waals surface area contributed by atoms with Gasteiger partial charge < -0.3 is 10.0 Å². The summed E-state index contributed by atoms with van der Waals surface area (Å²) in [7, 11) is 1.80. The van der Waals surface area contributed by atoms with Crippen molar-refractivity contribution >= 4 is 5.91 Å². The number of hydrogen-bond acceptors (Lipinski definition) is 3. The van der Waals surface area contributed by atoms with Crippen LogP contribution < -0.4 is 0 Å². The average molecular weight is 225 g/mol.